The van der Waals surface area contributed by atoms with Crippen molar-refractivity contribution in [3.63, 3.8) is 0 Å². The molecule has 1 aromatic heterocycles. The zero-order valence-corrected chi connectivity index (χ0v) is 43.3. The van der Waals surface area contributed by atoms with Gasteiger partial charge in [0.2, 0.25) is 6.10 Å². The Morgan fingerprint density at radius 2 is 1.63 bits per heavy atom. The molecule has 2 unspecified atom stereocenters. The van der Waals surface area contributed by atoms with Gasteiger partial charge in [-0.05, 0) is 103 Å². The zero-order chi connectivity index (χ0) is 52.1. The van der Waals surface area contributed by atoms with E-state index in [1.165, 1.54) is 0 Å². The number of carbonyl (C=O) groups is 5. The van der Waals surface area contributed by atoms with Gasteiger partial charge in [-0.1, -0.05) is 66.0 Å². The van der Waals surface area contributed by atoms with E-state index in [0.29, 0.717) is 47.3 Å². The first-order chi connectivity index (χ1) is 35.1. The molecule has 0 spiro atoms. The van der Waals surface area contributed by atoms with E-state index in [-0.39, 0.29) is 75.7 Å². The van der Waals surface area contributed by atoms with Crippen molar-refractivity contribution in [2.75, 3.05) is 33.1 Å². The number of hydrogen-bond acceptors (Lipinski definition) is 16. The molecule has 4 radical (unpaired) electrons. The maximum Gasteiger partial charge on any atom is 0.378 e. The summed E-state index contributed by atoms with van der Waals surface area (Å²) in [7, 11) is 11.8. The average Bonchev–Trinajstić information content (AvgIpc) is 3.98. The number of oxime groups is 1. The van der Waals surface area contributed by atoms with E-state index in [9.17, 15) is 28.2 Å². The number of thiazole rings is 1. The highest BCUT2D eigenvalue weighted by Gasteiger charge is 2.59. The molecule has 3 amide bonds. The maximum atomic E-state index is 14.5. The fourth-order valence-corrected chi connectivity index (χ4v) is 12.9. The molecule has 0 bridgehead atoms. The SMILES string of the molecule is [B]OC(=O)C1=C(CC23CCC[C@H]2CN(C(=O)c2ccc(OCc4ccc(OC)cc4)c(OCc4ccc(OC)cc4)c2Cl)CC3)CS(=O)[C@@H]2[C@H](NC(=O)/C(=N\O[C@H](CC)C(=O)O[B])c3nc(C)sc3Cl)C(=O)N12. The third-order valence-electron chi connectivity index (χ3n) is 13.6. The highest BCUT2D eigenvalue weighted by molar-refractivity contribution is 7.86. The molecule has 4 heterocycles. The lowest BCUT2D eigenvalue weighted by Crippen LogP contribution is -2.74. The quantitative estimate of drug-likeness (QED) is 0.0489. The molecule has 8 rings (SSSR count). The smallest absolute Gasteiger partial charge is 0.378 e. The van der Waals surface area contributed by atoms with Crippen LogP contribution in [0.2, 0.25) is 9.36 Å². The van der Waals surface area contributed by atoms with Gasteiger partial charge >= 0.3 is 28.0 Å². The zero-order valence-electron chi connectivity index (χ0n) is 40.2. The van der Waals surface area contributed by atoms with Gasteiger partial charge in [-0.3, -0.25) is 23.5 Å². The van der Waals surface area contributed by atoms with Gasteiger partial charge in [0.15, 0.2) is 17.2 Å². The number of aromatic nitrogens is 1. The van der Waals surface area contributed by atoms with Gasteiger partial charge in [-0.15, -0.1) is 11.3 Å². The lowest BCUT2D eigenvalue weighted by Gasteiger charge is -2.51. The minimum Gasteiger partial charge on any atom is -0.541 e. The van der Waals surface area contributed by atoms with E-state index in [1.807, 2.05) is 48.5 Å². The highest BCUT2D eigenvalue weighted by atomic mass is 35.5. The molecule has 380 valence electrons. The van der Waals surface area contributed by atoms with Crippen LogP contribution in [0.3, 0.4) is 0 Å². The van der Waals surface area contributed by atoms with Gasteiger partial charge in [-0.25, -0.2) is 14.6 Å². The van der Waals surface area contributed by atoms with E-state index in [1.54, 1.807) is 45.1 Å². The number of fused-ring (bicyclic) bond motifs is 2. The number of nitrogens with one attached hydrogen (secondary N) is 1. The van der Waals surface area contributed by atoms with Crippen LogP contribution in [-0.2, 0) is 57.3 Å². The number of nitrogens with zero attached hydrogens (tertiary/aromatic N) is 4. The third kappa shape index (κ3) is 11.1. The Balaban J connectivity index is 0.998. The summed E-state index contributed by atoms with van der Waals surface area (Å²) in [5.41, 5.74) is 1.19. The van der Waals surface area contributed by atoms with Gasteiger partial charge in [-0.2, -0.15) is 0 Å². The molecular formula is C49H49B2Cl2N5O13S2. The van der Waals surface area contributed by atoms with E-state index in [0.717, 1.165) is 46.6 Å². The summed E-state index contributed by atoms with van der Waals surface area (Å²) in [6.07, 6.45) is 1.90. The van der Waals surface area contributed by atoms with Gasteiger partial charge in [0, 0.05) is 18.8 Å². The van der Waals surface area contributed by atoms with Crippen molar-refractivity contribution < 1.29 is 61.3 Å². The van der Waals surface area contributed by atoms with Crippen LogP contribution in [0.15, 0.2) is 77.1 Å². The number of methoxy groups -OCH3 is 2. The summed E-state index contributed by atoms with van der Waals surface area (Å²) in [6.45, 7) is 4.24. The predicted molar refractivity (Wildman–Crippen MR) is 271 cm³/mol. The number of ether oxygens (including phenoxy) is 4. The van der Waals surface area contributed by atoms with Crippen molar-refractivity contribution in [1.29, 1.82) is 0 Å². The highest BCUT2D eigenvalue weighted by Crippen LogP contribution is 2.54. The van der Waals surface area contributed by atoms with Crippen molar-refractivity contribution in [3.8, 4) is 23.0 Å². The van der Waals surface area contributed by atoms with Gasteiger partial charge in [0.25, 0.3) is 17.7 Å². The molecule has 24 heteroatoms. The molecule has 3 aromatic carbocycles. The van der Waals surface area contributed by atoms with Crippen molar-refractivity contribution in [2.24, 2.45) is 16.5 Å². The van der Waals surface area contributed by atoms with Crippen LogP contribution in [0, 0.1) is 18.3 Å². The molecule has 3 fully saturated rings. The monoisotopic (exact) mass is 1070 g/mol. The maximum absolute atomic E-state index is 14.5. The Morgan fingerprint density at radius 3 is 2.23 bits per heavy atom. The molecule has 2 saturated heterocycles. The molecule has 3 aliphatic heterocycles. The number of aryl methyl sites for hydroxylation is 1. The molecular weight excluding hydrogens is 1020 g/mol. The summed E-state index contributed by atoms with van der Waals surface area (Å²) in [5.74, 6) is -2.25. The number of β-lactam (4-membered cyclic amide) rings is 1. The minimum atomic E-state index is -1.85. The molecule has 4 aromatic rings. The standard InChI is InChI=1S/C49H49B2Cl2N5O13S2/c1-5-34(47(62)69-50)71-56-38(37-42(53)72-26(2)54-37)43(59)55-39-45(61)58-40(48(63)70-51)29(25-73(64)46(39)58)21-49-18-6-7-30(49)22-57(20-19-49)44(60)33-16-17-35(67-23-27-8-12-31(65-3)13-9-27)41(36(33)52)68-24-28-10-14-32(66-4)15-11-28/h8-17,30,34,39,46H,5-7,18-25H2,1-4H3,(H,55,59)/b56-38-/t30-,34+,39+,46+,49?,73?/m0/s1. The Bertz CT molecular complexity index is 2870. The van der Waals surface area contributed by atoms with Crippen LogP contribution in [0.1, 0.15) is 77.6 Å². The fourth-order valence-electron chi connectivity index (χ4n) is 9.81. The average molecular weight is 1070 g/mol. The molecule has 6 atom stereocenters. The van der Waals surface area contributed by atoms with Crippen LogP contribution in [0.5, 0.6) is 23.0 Å². The van der Waals surface area contributed by atoms with E-state index in [2.05, 4.69) is 20.1 Å². The lowest BCUT2D eigenvalue weighted by molar-refractivity contribution is -0.149. The topological polar surface area (TPSA) is 211 Å². The van der Waals surface area contributed by atoms with Crippen molar-refractivity contribution in [3.05, 3.63) is 109 Å². The number of piperidine rings is 1. The largest absolute Gasteiger partial charge is 0.541 e. The second kappa shape index (κ2) is 23.0. The van der Waals surface area contributed by atoms with Gasteiger partial charge in [0.05, 0.1) is 40.6 Å². The number of benzene rings is 3. The Morgan fingerprint density at radius 1 is 0.959 bits per heavy atom. The predicted octanol–water partition coefficient (Wildman–Crippen LogP) is 6.08. The Hall–Kier alpha value is -6.09. The van der Waals surface area contributed by atoms with Crippen LogP contribution in [0.4, 0.5) is 0 Å². The molecule has 1 aliphatic carbocycles. The Labute approximate surface area is 440 Å². The molecule has 73 heavy (non-hydrogen) atoms. The number of amides is 3. The Kier molecular flexibility index (Phi) is 16.8. The molecule has 18 nitrogen and oxygen atoms in total. The number of likely N-dealkylation sites (tertiary alicyclic amines) is 1. The van der Waals surface area contributed by atoms with Crippen LogP contribution < -0.4 is 24.3 Å². The van der Waals surface area contributed by atoms with Crippen LogP contribution in [-0.4, -0.2) is 121 Å². The first kappa shape index (κ1) is 53.2. The summed E-state index contributed by atoms with van der Waals surface area (Å²) in [5, 5.41) is 5.81. The van der Waals surface area contributed by atoms with E-state index in [4.69, 9.17) is 67.7 Å². The van der Waals surface area contributed by atoms with Crippen LogP contribution in [0.25, 0.3) is 0 Å². The first-order valence-electron chi connectivity index (χ1n) is 23.2. The first-order valence-corrected chi connectivity index (χ1v) is 26.1. The minimum absolute atomic E-state index is 0.0464. The normalized spacial score (nSPS) is 21.8. The number of hydrogen-bond donors (Lipinski definition) is 1. The van der Waals surface area contributed by atoms with E-state index >= 15 is 0 Å². The van der Waals surface area contributed by atoms with Crippen molar-refractivity contribution >= 4 is 96.8 Å². The summed E-state index contributed by atoms with van der Waals surface area (Å²) in [4.78, 5) is 80.6. The van der Waals surface area contributed by atoms with Crippen LogP contribution >= 0.6 is 34.5 Å². The third-order valence-corrected chi connectivity index (χ3v) is 16.8. The number of halogens is 2. The summed E-state index contributed by atoms with van der Waals surface area (Å²) < 4.78 is 46.4. The van der Waals surface area contributed by atoms with Crippen molar-refractivity contribution in [1.82, 2.24) is 20.1 Å². The van der Waals surface area contributed by atoms with E-state index < -0.39 is 63.2 Å². The number of carbonyl (C=O) groups excluding carboxylic acids is 5. The fraction of sp³-hybridized carbons (Fsp3) is 0.408. The van der Waals surface area contributed by atoms with Crippen molar-refractivity contribution in [2.45, 2.75) is 83.1 Å². The molecule has 4 aliphatic rings. The summed E-state index contributed by atoms with van der Waals surface area (Å²) in [6, 6.07) is 16.7. The molecule has 1 N–H and O–H groups in total. The number of rotatable bonds is 19. The second-order valence-corrected chi connectivity index (χ2v) is 21.5. The lowest BCUT2D eigenvalue weighted by atomic mass is 9.68. The second-order valence-electron chi connectivity index (χ2n) is 17.8. The van der Waals surface area contributed by atoms with Gasteiger partial charge in [0.1, 0.15) is 51.9 Å². The summed E-state index contributed by atoms with van der Waals surface area (Å²) >= 11 is 14.6. The van der Waals surface area contributed by atoms with Gasteiger partial charge < -0.3 is 43.3 Å². The molecule has 1 saturated carbocycles.